The van der Waals surface area contributed by atoms with E-state index in [1.54, 1.807) is 0 Å². The van der Waals surface area contributed by atoms with Crippen LogP contribution >= 0.6 is 0 Å². The molecule has 6 heteroatoms. The zero-order chi connectivity index (χ0) is 42.6. The van der Waals surface area contributed by atoms with Gasteiger partial charge < -0.3 is 13.6 Å². The van der Waals surface area contributed by atoms with E-state index in [0.29, 0.717) is 17.5 Å². The van der Waals surface area contributed by atoms with Gasteiger partial charge in [0.15, 0.2) is 17.5 Å². The molecule has 302 valence electrons. The SMILES string of the molecule is c1ccc(-c2nc(-c3ccc4oc5c6ccccc6c(-n6c7ccccc7c7cc8ccccc8cc76)cc5c4c3)nc(-c3cccc4c3c3ccccc3n4-c3ccccc3)n2)cc1. The van der Waals surface area contributed by atoms with Crippen molar-refractivity contribution in [3.63, 3.8) is 0 Å². The molecule has 0 radical (unpaired) electrons. The summed E-state index contributed by atoms with van der Waals surface area (Å²) in [5, 5.41) is 11.3. The maximum absolute atomic E-state index is 6.81. The molecule has 4 aromatic heterocycles. The van der Waals surface area contributed by atoms with Gasteiger partial charge in [-0.3, -0.25) is 0 Å². The lowest BCUT2D eigenvalue weighted by molar-refractivity contribution is 0.672. The molecule has 0 N–H and O–H groups in total. The molecule has 10 aromatic carbocycles. The normalized spacial score (nSPS) is 12.0. The van der Waals surface area contributed by atoms with Gasteiger partial charge >= 0.3 is 0 Å². The lowest BCUT2D eigenvalue weighted by Gasteiger charge is -2.13. The van der Waals surface area contributed by atoms with Crippen LogP contribution < -0.4 is 0 Å². The molecule has 0 unspecified atom stereocenters. The van der Waals surface area contributed by atoms with Crippen LogP contribution in [-0.2, 0) is 0 Å². The van der Waals surface area contributed by atoms with Crippen LogP contribution in [0.2, 0.25) is 0 Å². The summed E-state index contributed by atoms with van der Waals surface area (Å²) in [6, 6.07) is 74.9. The number of rotatable bonds is 5. The summed E-state index contributed by atoms with van der Waals surface area (Å²) in [5.41, 5.74) is 11.1. The molecular formula is C59H35N5O. The van der Waals surface area contributed by atoms with Gasteiger partial charge in [-0.15, -0.1) is 0 Å². The third-order valence-electron chi connectivity index (χ3n) is 13.1. The summed E-state index contributed by atoms with van der Waals surface area (Å²) >= 11 is 0. The Labute approximate surface area is 371 Å². The minimum Gasteiger partial charge on any atom is -0.455 e. The van der Waals surface area contributed by atoms with Crippen LogP contribution in [0.3, 0.4) is 0 Å². The molecule has 0 amide bonds. The largest absolute Gasteiger partial charge is 0.455 e. The van der Waals surface area contributed by atoms with Crippen molar-refractivity contribution >= 4 is 87.1 Å². The molecule has 4 heterocycles. The first-order valence-electron chi connectivity index (χ1n) is 21.9. The summed E-state index contributed by atoms with van der Waals surface area (Å²) < 4.78 is 11.6. The Bertz CT molecular complexity index is 4240. The van der Waals surface area contributed by atoms with Crippen LogP contribution in [0.25, 0.3) is 133 Å². The van der Waals surface area contributed by atoms with Crippen LogP contribution in [0.15, 0.2) is 217 Å². The number of para-hydroxylation sites is 3. The summed E-state index contributed by atoms with van der Waals surface area (Å²) in [6.07, 6.45) is 0. The van der Waals surface area contributed by atoms with Crippen molar-refractivity contribution in [3.8, 4) is 45.5 Å². The minimum atomic E-state index is 0.587. The molecule has 0 fully saturated rings. The second-order valence-electron chi connectivity index (χ2n) is 16.8. The standard InChI is InChI=1S/C59H35N5O/c1-3-16-36(17-4-1)57-60-58(62-59(61-57)45-26-15-29-51-55(45)44-25-12-14-28-50(44)63(51)40-20-5-2-6-21-40)39-30-31-54-47(33-39)48-35-53(41-22-9-10-24-43(41)56(48)65-54)64-49-27-13-11-23-42(49)46-32-37-18-7-8-19-38(37)34-52(46)64/h1-35H. The van der Waals surface area contributed by atoms with E-state index < -0.39 is 0 Å². The maximum atomic E-state index is 6.81. The van der Waals surface area contributed by atoms with Crippen molar-refractivity contribution in [1.29, 1.82) is 0 Å². The van der Waals surface area contributed by atoms with Gasteiger partial charge in [0.05, 0.1) is 27.8 Å². The van der Waals surface area contributed by atoms with E-state index in [1.807, 2.05) is 18.2 Å². The number of fused-ring (bicyclic) bond motifs is 12. The molecule has 0 aliphatic heterocycles. The van der Waals surface area contributed by atoms with E-state index in [1.165, 1.54) is 21.5 Å². The molecule has 6 nitrogen and oxygen atoms in total. The molecule has 0 saturated heterocycles. The van der Waals surface area contributed by atoms with Gasteiger partial charge in [0.1, 0.15) is 11.2 Å². The summed E-state index contributed by atoms with van der Waals surface area (Å²) in [5.74, 6) is 1.81. The fraction of sp³-hybridized carbons (Fsp3) is 0. The van der Waals surface area contributed by atoms with Gasteiger partial charge in [0.25, 0.3) is 0 Å². The van der Waals surface area contributed by atoms with E-state index in [-0.39, 0.29) is 0 Å². The highest BCUT2D eigenvalue weighted by Gasteiger charge is 2.22. The van der Waals surface area contributed by atoms with Crippen LogP contribution in [0.1, 0.15) is 0 Å². The second-order valence-corrected chi connectivity index (χ2v) is 16.8. The molecule has 14 rings (SSSR count). The van der Waals surface area contributed by atoms with Gasteiger partial charge in [-0.1, -0.05) is 146 Å². The summed E-state index contributed by atoms with van der Waals surface area (Å²) in [4.78, 5) is 15.8. The Morgan fingerprint density at radius 1 is 0.338 bits per heavy atom. The highest BCUT2D eigenvalue weighted by atomic mass is 16.3. The minimum absolute atomic E-state index is 0.587. The lowest BCUT2D eigenvalue weighted by Crippen LogP contribution is -2.00. The van der Waals surface area contributed by atoms with Crippen molar-refractivity contribution in [2.45, 2.75) is 0 Å². The number of nitrogens with zero attached hydrogens (tertiary/aromatic N) is 5. The number of furan rings is 1. The van der Waals surface area contributed by atoms with Crippen LogP contribution in [-0.4, -0.2) is 24.1 Å². The Kier molecular flexibility index (Phi) is 7.59. The van der Waals surface area contributed by atoms with Crippen molar-refractivity contribution < 1.29 is 4.42 Å². The van der Waals surface area contributed by atoms with Crippen molar-refractivity contribution in [3.05, 3.63) is 212 Å². The van der Waals surface area contributed by atoms with E-state index in [9.17, 15) is 0 Å². The third kappa shape index (κ3) is 5.38. The Morgan fingerprint density at radius 3 is 1.75 bits per heavy atom. The van der Waals surface area contributed by atoms with Gasteiger partial charge in [0.2, 0.25) is 0 Å². The van der Waals surface area contributed by atoms with Crippen molar-refractivity contribution in [1.82, 2.24) is 24.1 Å². The number of benzene rings is 10. The second kappa shape index (κ2) is 13.8. The Hall–Kier alpha value is -8.87. The number of hydrogen-bond donors (Lipinski definition) is 0. The first-order chi connectivity index (χ1) is 32.2. The number of aromatic nitrogens is 5. The van der Waals surface area contributed by atoms with Crippen molar-refractivity contribution in [2.24, 2.45) is 0 Å². The summed E-state index contributed by atoms with van der Waals surface area (Å²) in [7, 11) is 0. The zero-order valence-electron chi connectivity index (χ0n) is 34.9. The fourth-order valence-electron chi connectivity index (χ4n) is 10.2. The first kappa shape index (κ1) is 35.7. The Morgan fingerprint density at radius 2 is 0.954 bits per heavy atom. The average molecular weight is 830 g/mol. The molecule has 0 saturated carbocycles. The fourth-order valence-corrected chi connectivity index (χ4v) is 10.2. The quantitative estimate of drug-likeness (QED) is 0.173. The smallest absolute Gasteiger partial charge is 0.164 e. The predicted molar refractivity (Wildman–Crippen MR) is 267 cm³/mol. The van der Waals surface area contributed by atoms with Gasteiger partial charge in [-0.25, -0.2) is 15.0 Å². The topological polar surface area (TPSA) is 61.7 Å². The molecule has 0 aliphatic carbocycles. The summed E-state index contributed by atoms with van der Waals surface area (Å²) in [6.45, 7) is 0. The van der Waals surface area contributed by atoms with E-state index in [4.69, 9.17) is 19.4 Å². The van der Waals surface area contributed by atoms with Crippen LogP contribution in [0.4, 0.5) is 0 Å². The molecule has 0 bridgehead atoms. The molecule has 65 heavy (non-hydrogen) atoms. The van der Waals surface area contributed by atoms with E-state index in [0.717, 1.165) is 93.6 Å². The molecule has 0 atom stereocenters. The molecular weight excluding hydrogens is 795 g/mol. The Balaban J connectivity index is 1.01. The van der Waals surface area contributed by atoms with E-state index >= 15 is 0 Å². The van der Waals surface area contributed by atoms with Crippen molar-refractivity contribution in [2.75, 3.05) is 0 Å². The van der Waals surface area contributed by atoms with Crippen LogP contribution in [0, 0.1) is 0 Å². The van der Waals surface area contributed by atoms with Crippen LogP contribution in [0.5, 0.6) is 0 Å². The number of hydrogen-bond acceptors (Lipinski definition) is 4. The molecule has 14 aromatic rings. The average Bonchev–Trinajstić information content (AvgIpc) is 4.03. The predicted octanol–water partition coefficient (Wildman–Crippen LogP) is 15.3. The lowest BCUT2D eigenvalue weighted by atomic mass is 10.0. The van der Waals surface area contributed by atoms with Gasteiger partial charge in [-0.2, -0.15) is 0 Å². The molecule has 0 aliphatic rings. The maximum Gasteiger partial charge on any atom is 0.164 e. The third-order valence-corrected chi connectivity index (χ3v) is 13.1. The van der Waals surface area contributed by atoms with Gasteiger partial charge in [-0.05, 0) is 77.5 Å². The highest BCUT2D eigenvalue weighted by Crippen LogP contribution is 2.43. The molecule has 0 spiro atoms. The monoisotopic (exact) mass is 829 g/mol. The first-order valence-corrected chi connectivity index (χ1v) is 21.9. The van der Waals surface area contributed by atoms with Gasteiger partial charge in [0, 0.05) is 65.5 Å². The highest BCUT2D eigenvalue weighted by molar-refractivity contribution is 6.20. The van der Waals surface area contributed by atoms with E-state index in [2.05, 4.69) is 203 Å². The zero-order valence-corrected chi connectivity index (χ0v) is 34.9.